The first-order valence-corrected chi connectivity index (χ1v) is 11.9. The third-order valence-corrected chi connectivity index (χ3v) is 6.33. The molecule has 2 fully saturated rings. The third-order valence-electron chi connectivity index (χ3n) is 6.33. The molecule has 4 aromatic heterocycles. The zero-order valence-electron chi connectivity index (χ0n) is 19.8. The number of pyridine rings is 2. The number of carbonyl (C=O) groups excluding carboxylic acids is 1. The number of nitrogens with zero attached hydrogens (tertiary/aromatic N) is 7. The molecule has 1 unspecified atom stereocenters. The molecule has 0 saturated carbocycles. The molecule has 1 atom stereocenters. The summed E-state index contributed by atoms with van der Waals surface area (Å²) in [6.07, 6.45) is 3.71. The minimum Gasteiger partial charge on any atom is -0.422 e. The number of amides is 1. The number of aliphatic hydroxyl groups excluding tert-OH is 1. The first kappa shape index (κ1) is 22.4. The van der Waals surface area contributed by atoms with Gasteiger partial charge in [0, 0.05) is 51.1 Å². The van der Waals surface area contributed by atoms with Crippen molar-refractivity contribution in [2.24, 2.45) is 7.05 Å². The second-order valence-corrected chi connectivity index (χ2v) is 8.93. The molecule has 2 aliphatic rings. The molecular weight excluding hydrogens is 464 g/mol. The van der Waals surface area contributed by atoms with Gasteiger partial charge in [-0.3, -0.25) is 9.48 Å². The zero-order valence-corrected chi connectivity index (χ0v) is 19.8. The van der Waals surface area contributed by atoms with Crippen molar-refractivity contribution in [2.45, 2.75) is 12.5 Å². The minimum atomic E-state index is -0.475. The SMILES string of the molecule is Cn1cc(-c2cccc(NC(=O)c3cc4oc(N5CCOCC5)nc4nc3N3CCC(O)C3)n2)cn1. The van der Waals surface area contributed by atoms with Crippen molar-refractivity contribution in [3.8, 4) is 11.3 Å². The Labute approximate surface area is 206 Å². The number of aliphatic hydroxyl groups is 1. The number of ether oxygens (including phenoxy) is 1. The Morgan fingerprint density at radius 3 is 2.75 bits per heavy atom. The summed E-state index contributed by atoms with van der Waals surface area (Å²) in [5.41, 5.74) is 2.71. The van der Waals surface area contributed by atoms with Crippen molar-refractivity contribution >= 4 is 34.8 Å². The molecule has 12 nitrogen and oxygen atoms in total. The number of aryl methyl sites for hydroxylation is 1. The van der Waals surface area contributed by atoms with E-state index in [1.807, 2.05) is 35.2 Å². The Kier molecular flexibility index (Phi) is 5.74. The number of morpholine rings is 1. The van der Waals surface area contributed by atoms with Gasteiger partial charge in [-0.05, 0) is 18.6 Å². The Hall–Kier alpha value is -4.03. The highest BCUT2D eigenvalue weighted by molar-refractivity contribution is 6.08. The largest absolute Gasteiger partial charge is 0.422 e. The van der Waals surface area contributed by atoms with Gasteiger partial charge in [0.15, 0.2) is 5.58 Å². The summed E-state index contributed by atoms with van der Waals surface area (Å²) < 4.78 is 13.1. The Morgan fingerprint density at radius 2 is 2.00 bits per heavy atom. The quantitative estimate of drug-likeness (QED) is 0.425. The molecule has 0 aromatic carbocycles. The van der Waals surface area contributed by atoms with Crippen LogP contribution in [0.2, 0.25) is 0 Å². The number of β-amino-alcohol motifs (C(OH)–C–C–N with tert-alkyl or cyclic N) is 1. The molecule has 2 saturated heterocycles. The predicted octanol–water partition coefficient (Wildman–Crippen LogP) is 1.68. The molecule has 1 amide bonds. The van der Waals surface area contributed by atoms with Gasteiger partial charge in [0.05, 0.1) is 36.8 Å². The molecular formula is C24H26N8O4. The molecule has 6 heterocycles. The average molecular weight is 491 g/mol. The lowest BCUT2D eigenvalue weighted by molar-refractivity contribution is 0.102. The summed E-state index contributed by atoms with van der Waals surface area (Å²) in [7, 11) is 1.84. The van der Waals surface area contributed by atoms with Crippen LogP contribution in [-0.2, 0) is 11.8 Å². The summed E-state index contributed by atoms with van der Waals surface area (Å²) >= 11 is 0. The van der Waals surface area contributed by atoms with Crippen molar-refractivity contribution < 1.29 is 19.1 Å². The van der Waals surface area contributed by atoms with E-state index >= 15 is 0 Å². The van der Waals surface area contributed by atoms with Crippen LogP contribution in [0.15, 0.2) is 41.1 Å². The standard InChI is InChI=1S/C24H26N8O4/c1-30-13-15(12-25-30)18-3-2-4-20(26-18)27-23(34)17-11-19-21(28-22(17)32-6-5-16(33)14-32)29-24(36-19)31-7-9-35-10-8-31/h2-4,11-13,16,33H,5-10,14H2,1H3,(H,26,27,34). The average Bonchev–Trinajstić information content (AvgIpc) is 3.63. The number of hydrogen-bond acceptors (Lipinski definition) is 10. The fourth-order valence-corrected chi connectivity index (χ4v) is 4.48. The number of anilines is 3. The molecule has 0 bridgehead atoms. The summed E-state index contributed by atoms with van der Waals surface area (Å²) in [6.45, 7) is 3.52. The van der Waals surface area contributed by atoms with Gasteiger partial charge in [0.25, 0.3) is 11.9 Å². The number of nitrogens with one attached hydrogen (secondary N) is 1. The number of hydrogen-bond donors (Lipinski definition) is 2. The van der Waals surface area contributed by atoms with Crippen LogP contribution in [0.4, 0.5) is 17.7 Å². The monoisotopic (exact) mass is 490 g/mol. The fraction of sp³-hybridized carbons (Fsp3) is 0.375. The zero-order chi connectivity index (χ0) is 24.6. The van der Waals surface area contributed by atoms with Crippen LogP contribution in [0.5, 0.6) is 0 Å². The lowest BCUT2D eigenvalue weighted by Gasteiger charge is -2.24. The second-order valence-electron chi connectivity index (χ2n) is 8.93. The number of aromatic nitrogens is 5. The van der Waals surface area contributed by atoms with E-state index in [4.69, 9.17) is 14.1 Å². The summed E-state index contributed by atoms with van der Waals surface area (Å²) in [4.78, 5) is 31.2. The lowest BCUT2D eigenvalue weighted by Crippen LogP contribution is -2.36. The Morgan fingerprint density at radius 1 is 1.14 bits per heavy atom. The fourth-order valence-electron chi connectivity index (χ4n) is 4.48. The van der Waals surface area contributed by atoms with Crippen LogP contribution >= 0.6 is 0 Å². The summed E-state index contributed by atoms with van der Waals surface area (Å²) in [5, 5.41) is 17.2. The van der Waals surface area contributed by atoms with Gasteiger partial charge < -0.3 is 29.4 Å². The van der Waals surface area contributed by atoms with Gasteiger partial charge >= 0.3 is 0 Å². The molecule has 6 rings (SSSR count). The number of carbonyl (C=O) groups is 1. The van der Waals surface area contributed by atoms with E-state index in [9.17, 15) is 9.90 Å². The van der Waals surface area contributed by atoms with Crippen molar-refractivity contribution in [1.82, 2.24) is 24.7 Å². The normalized spacial score (nSPS) is 18.2. The van der Waals surface area contributed by atoms with Crippen LogP contribution in [0, 0.1) is 0 Å². The molecule has 0 aliphatic carbocycles. The number of oxazole rings is 1. The topological polar surface area (TPSA) is 135 Å². The maximum atomic E-state index is 13.5. The molecule has 12 heteroatoms. The summed E-state index contributed by atoms with van der Waals surface area (Å²) in [5.74, 6) is 0.489. The molecule has 0 radical (unpaired) electrons. The van der Waals surface area contributed by atoms with Gasteiger partial charge in [-0.1, -0.05) is 6.07 Å². The van der Waals surface area contributed by atoms with Crippen LogP contribution in [0.25, 0.3) is 22.5 Å². The van der Waals surface area contributed by atoms with E-state index in [1.54, 1.807) is 23.0 Å². The molecule has 2 aliphatic heterocycles. The van der Waals surface area contributed by atoms with Crippen LogP contribution in [-0.4, -0.2) is 81.2 Å². The van der Waals surface area contributed by atoms with E-state index in [0.29, 0.717) is 86.0 Å². The third kappa shape index (κ3) is 4.36. The first-order chi connectivity index (χ1) is 17.5. The van der Waals surface area contributed by atoms with Crippen molar-refractivity contribution in [2.75, 3.05) is 54.5 Å². The highest BCUT2D eigenvalue weighted by Crippen LogP contribution is 2.30. The Balaban J connectivity index is 1.34. The van der Waals surface area contributed by atoms with Gasteiger partial charge in [-0.25, -0.2) is 9.97 Å². The van der Waals surface area contributed by atoms with Crippen molar-refractivity contribution in [3.05, 3.63) is 42.2 Å². The first-order valence-electron chi connectivity index (χ1n) is 11.9. The van der Waals surface area contributed by atoms with E-state index < -0.39 is 6.10 Å². The predicted molar refractivity (Wildman–Crippen MR) is 132 cm³/mol. The maximum Gasteiger partial charge on any atom is 0.300 e. The molecule has 4 aromatic rings. The van der Waals surface area contributed by atoms with Crippen molar-refractivity contribution in [3.63, 3.8) is 0 Å². The number of rotatable bonds is 5. The summed E-state index contributed by atoms with van der Waals surface area (Å²) in [6, 6.07) is 7.54. The number of fused-ring (bicyclic) bond motifs is 1. The van der Waals surface area contributed by atoms with E-state index in [1.165, 1.54) is 0 Å². The molecule has 0 spiro atoms. The van der Waals surface area contributed by atoms with E-state index in [2.05, 4.69) is 20.4 Å². The molecule has 36 heavy (non-hydrogen) atoms. The van der Waals surface area contributed by atoms with Crippen molar-refractivity contribution in [1.29, 1.82) is 0 Å². The Bertz CT molecular complexity index is 1410. The smallest absolute Gasteiger partial charge is 0.300 e. The molecule has 2 N–H and O–H groups in total. The van der Waals surface area contributed by atoms with Crippen LogP contribution in [0.1, 0.15) is 16.8 Å². The lowest BCUT2D eigenvalue weighted by atomic mass is 10.2. The molecule has 186 valence electrons. The minimum absolute atomic E-state index is 0.329. The van der Waals surface area contributed by atoms with Gasteiger partial charge in [0.2, 0.25) is 5.65 Å². The van der Waals surface area contributed by atoms with Gasteiger partial charge in [0.1, 0.15) is 11.6 Å². The van der Waals surface area contributed by atoms with E-state index in [-0.39, 0.29) is 5.91 Å². The van der Waals surface area contributed by atoms with Gasteiger partial charge in [-0.15, -0.1) is 0 Å². The highest BCUT2D eigenvalue weighted by Gasteiger charge is 2.28. The van der Waals surface area contributed by atoms with E-state index in [0.717, 1.165) is 5.56 Å². The van der Waals surface area contributed by atoms with Crippen LogP contribution in [0.3, 0.4) is 0 Å². The highest BCUT2D eigenvalue weighted by atomic mass is 16.5. The maximum absolute atomic E-state index is 13.5. The van der Waals surface area contributed by atoms with Gasteiger partial charge in [-0.2, -0.15) is 10.1 Å². The van der Waals surface area contributed by atoms with Crippen LogP contribution < -0.4 is 15.1 Å². The second kappa shape index (κ2) is 9.21.